The second-order valence-corrected chi connectivity index (χ2v) is 6.57. The molecule has 1 aliphatic rings. The SMILES string of the molecule is CC(C)(C)c1ncc2c(n1)CCN(Cc1cnccn1)C2. The number of aromatic nitrogens is 4. The molecule has 110 valence electrons. The van der Waals surface area contributed by atoms with Gasteiger partial charge >= 0.3 is 0 Å². The predicted octanol–water partition coefficient (Wildman–Crippen LogP) is 2.12. The molecular formula is C16H21N5. The summed E-state index contributed by atoms with van der Waals surface area (Å²) in [6.07, 6.45) is 8.24. The molecule has 21 heavy (non-hydrogen) atoms. The molecule has 0 bridgehead atoms. The average molecular weight is 283 g/mol. The van der Waals surface area contributed by atoms with Crippen LogP contribution in [0.3, 0.4) is 0 Å². The lowest BCUT2D eigenvalue weighted by atomic mass is 9.95. The maximum atomic E-state index is 4.76. The van der Waals surface area contributed by atoms with Crippen molar-refractivity contribution in [3.05, 3.63) is 47.6 Å². The zero-order valence-corrected chi connectivity index (χ0v) is 12.9. The molecule has 5 heteroatoms. The topological polar surface area (TPSA) is 54.8 Å². The Bertz CT molecular complexity index is 618. The second-order valence-electron chi connectivity index (χ2n) is 6.57. The van der Waals surface area contributed by atoms with Crippen LogP contribution in [0.2, 0.25) is 0 Å². The van der Waals surface area contributed by atoms with Crippen LogP contribution in [0.5, 0.6) is 0 Å². The summed E-state index contributed by atoms with van der Waals surface area (Å²) < 4.78 is 0. The summed E-state index contributed by atoms with van der Waals surface area (Å²) >= 11 is 0. The minimum Gasteiger partial charge on any atom is -0.293 e. The number of rotatable bonds is 2. The Morgan fingerprint density at radius 3 is 2.71 bits per heavy atom. The van der Waals surface area contributed by atoms with Gasteiger partial charge in [0.1, 0.15) is 5.82 Å². The van der Waals surface area contributed by atoms with Crippen molar-refractivity contribution in [3.8, 4) is 0 Å². The van der Waals surface area contributed by atoms with E-state index in [0.717, 1.165) is 37.6 Å². The molecule has 1 aliphatic heterocycles. The fraction of sp³-hybridized carbons (Fsp3) is 0.500. The van der Waals surface area contributed by atoms with Crippen molar-refractivity contribution in [3.63, 3.8) is 0 Å². The van der Waals surface area contributed by atoms with Crippen LogP contribution in [0.25, 0.3) is 0 Å². The Morgan fingerprint density at radius 1 is 1.14 bits per heavy atom. The van der Waals surface area contributed by atoms with E-state index in [-0.39, 0.29) is 5.41 Å². The molecule has 0 N–H and O–H groups in total. The van der Waals surface area contributed by atoms with Crippen LogP contribution >= 0.6 is 0 Å². The maximum Gasteiger partial charge on any atom is 0.133 e. The third-order valence-electron chi connectivity index (χ3n) is 3.69. The highest BCUT2D eigenvalue weighted by Gasteiger charge is 2.22. The number of hydrogen-bond donors (Lipinski definition) is 0. The predicted molar refractivity (Wildman–Crippen MR) is 80.6 cm³/mol. The van der Waals surface area contributed by atoms with Gasteiger partial charge in [0.25, 0.3) is 0 Å². The smallest absolute Gasteiger partial charge is 0.133 e. The van der Waals surface area contributed by atoms with E-state index in [0.29, 0.717) is 0 Å². The molecule has 0 saturated carbocycles. The average Bonchev–Trinajstić information content (AvgIpc) is 2.47. The van der Waals surface area contributed by atoms with Gasteiger partial charge in [-0.05, 0) is 0 Å². The van der Waals surface area contributed by atoms with E-state index >= 15 is 0 Å². The molecule has 0 atom stereocenters. The van der Waals surface area contributed by atoms with Gasteiger partial charge in [0.15, 0.2) is 0 Å². The first kappa shape index (κ1) is 14.1. The van der Waals surface area contributed by atoms with Crippen molar-refractivity contribution in [2.75, 3.05) is 6.54 Å². The molecule has 0 aromatic carbocycles. The lowest BCUT2D eigenvalue weighted by Gasteiger charge is -2.28. The van der Waals surface area contributed by atoms with Gasteiger partial charge in [-0.2, -0.15) is 0 Å². The van der Waals surface area contributed by atoms with Crippen molar-refractivity contribution >= 4 is 0 Å². The van der Waals surface area contributed by atoms with Gasteiger partial charge in [0, 0.05) is 67.5 Å². The van der Waals surface area contributed by atoms with Gasteiger partial charge in [0.05, 0.1) is 5.69 Å². The highest BCUT2D eigenvalue weighted by atomic mass is 15.1. The molecule has 0 unspecified atom stereocenters. The van der Waals surface area contributed by atoms with Crippen molar-refractivity contribution in [1.82, 2.24) is 24.8 Å². The van der Waals surface area contributed by atoms with Crippen molar-refractivity contribution in [2.45, 2.75) is 45.7 Å². The Balaban J connectivity index is 1.74. The summed E-state index contributed by atoms with van der Waals surface area (Å²) in [5.74, 6) is 0.934. The fourth-order valence-electron chi connectivity index (χ4n) is 2.51. The van der Waals surface area contributed by atoms with E-state index in [4.69, 9.17) is 4.98 Å². The monoisotopic (exact) mass is 283 g/mol. The quantitative estimate of drug-likeness (QED) is 0.845. The van der Waals surface area contributed by atoms with Gasteiger partial charge in [-0.25, -0.2) is 9.97 Å². The molecular weight excluding hydrogens is 262 g/mol. The Labute approximate surface area is 125 Å². The standard InChI is InChI=1S/C16H21N5/c1-16(2,3)15-19-8-12-10-21(7-4-14(12)20-15)11-13-9-17-5-6-18-13/h5-6,8-9H,4,7,10-11H2,1-3H3. The van der Waals surface area contributed by atoms with Crippen LogP contribution in [-0.2, 0) is 24.9 Å². The molecule has 0 saturated heterocycles. The van der Waals surface area contributed by atoms with E-state index < -0.39 is 0 Å². The molecule has 0 aliphatic carbocycles. The van der Waals surface area contributed by atoms with Crippen molar-refractivity contribution in [1.29, 1.82) is 0 Å². The molecule has 2 aromatic heterocycles. The number of hydrogen-bond acceptors (Lipinski definition) is 5. The third kappa shape index (κ3) is 3.24. The molecule has 0 radical (unpaired) electrons. The lowest BCUT2D eigenvalue weighted by Crippen LogP contribution is -2.32. The van der Waals surface area contributed by atoms with Crippen molar-refractivity contribution < 1.29 is 0 Å². The van der Waals surface area contributed by atoms with E-state index in [2.05, 4.69) is 40.6 Å². The summed E-state index contributed by atoms with van der Waals surface area (Å²) in [5.41, 5.74) is 3.45. The van der Waals surface area contributed by atoms with Gasteiger partial charge in [-0.15, -0.1) is 0 Å². The first-order chi connectivity index (χ1) is 10.0. The maximum absolute atomic E-state index is 4.76. The molecule has 0 spiro atoms. The van der Waals surface area contributed by atoms with Crippen molar-refractivity contribution in [2.24, 2.45) is 0 Å². The zero-order valence-electron chi connectivity index (χ0n) is 12.9. The molecule has 3 heterocycles. The summed E-state index contributed by atoms with van der Waals surface area (Å²) in [4.78, 5) is 20.1. The highest BCUT2D eigenvalue weighted by molar-refractivity contribution is 5.22. The fourth-order valence-corrected chi connectivity index (χ4v) is 2.51. The van der Waals surface area contributed by atoms with Crippen LogP contribution in [0.15, 0.2) is 24.8 Å². The van der Waals surface area contributed by atoms with E-state index in [1.807, 2.05) is 12.4 Å². The second kappa shape index (κ2) is 5.48. The Hall–Kier alpha value is -1.88. The highest BCUT2D eigenvalue weighted by Crippen LogP contribution is 2.22. The number of nitrogens with zero attached hydrogens (tertiary/aromatic N) is 5. The summed E-state index contributed by atoms with van der Waals surface area (Å²) in [5, 5.41) is 0. The zero-order chi connectivity index (χ0) is 14.9. The van der Waals surface area contributed by atoms with E-state index in [1.54, 1.807) is 12.4 Å². The first-order valence-electron chi connectivity index (χ1n) is 7.35. The first-order valence-corrected chi connectivity index (χ1v) is 7.35. The minimum absolute atomic E-state index is 0.00575. The van der Waals surface area contributed by atoms with Gasteiger partial charge in [-0.1, -0.05) is 20.8 Å². The van der Waals surface area contributed by atoms with Crippen LogP contribution in [0.4, 0.5) is 0 Å². The molecule has 3 rings (SSSR count). The van der Waals surface area contributed by atoms with Crippen LogP contribution in [0, 0.1) is 0 Å². The van der Waals surface area contributed by atoms with E-state index in [9.17, 15) is 0 Å². The van der Waals surface area contributed by atoms with E-state index in [1.165, 1.54) is 11.3 Å². The normalized spacial score (nSPS) is 15.8. The van der Waals surface area contributed by atoms with Gasteiger partial charge in [-0.3, -0.25) is 14.9 Å². The minimum atomic E-state index is 0.00575. The third-order valence-corrected chi connectivity index (χ3v) is 3.69. The lowest BCUT2D eigenvalue weighted by molar-refractivity contribution is 0.239. The largest absolute Gasteiger partial charge is 0.293 e. The molecule has 5 nitrogen and oxygen atoms in total. The van der Waals surface area contributed by atoms with Crippen LogP contribution < -0.4 is 0 Å². The molecule has 0 fully saturated rings. The van der Waals surface area contributed by atoms with Crippen LogP contribution in [0.1, 0.15) is 43.5 Å². The Kier molecular flexibility index (Phi) is 3.68. The Morgan fingerprint density at radius 2 is 2.00 bits per heavy atom. The molecule has 2 aromatic rings. The van der Waals surface area contributed by atoms with Gasteiger partial charge in [0.2, 0.25) is 0 Å². The number of fused-ring (bicyclic) bond motifs is 1. The van der Waals surface area contributed by atoms with Crippen LogP contribution in [-0.4, -0.2) is 31.4 Å². The van der Waals surface area contributed by atoms with Gasteiger partial charge < -0.3 is 0 Å². The summed E-state index contributed by atoms with van der Waals surface area (Å²) in [6, 6.07) is 0. The molecule has 0 amide bonds. The summed E-state index contributed by atoms with van der Waals surface area (Å²) in [7, 11) is 0. The summed E-state index contributed by atoms with van der Waals surface area (Å²) in [6.45, 7) is 9.17.